The zero-order valence-electron chi connectivity index (χ0n) is 17.2. The number of carboxylic acids is 1. The largest absolute Gasteiger partial charge is 0.481 e. The van der Waals surface area contributed by atoms with E-state index in [0.717, 1.165) is 16.7 Å². The smallest absolute Gasteiger partial charge is 0.345 e. The fourth-order valence-corrected chi connectivity index (χ4v) is 4.18. The van der Waals surface area contributed by atoms with Gasteiger partial charge in [0.05, 0.1) is 33.9 Å². The highest BCUT2D eigenvalue weighted by Crippen LogP contribution is 2.31. The SMILES string of the molecule is CCN(CCC(=O)O)c1ccc2c(c1)oc(=O)c1cc(C#N)c3nc4ccccc4n3c12. The Morgan fingerprint density at radius 3 is 2.78 bits per heavy atom. The van der Waals surface area contributed by atoms with Gasteiger partial charge in [-0.3, -0.25) is 9.20 Å². The number of fused-ring (bicyclic) bond motifs is 7. The van der Waals surface area contributed by atoms with Gasteiger partial charge in [-0.25, -0.2) is 9.78 Å². The Morgan fingerprint density at radius 1 is 1.22 bits per heavy atom. The standard InChI is InChI=1S/C24H18N4O4/c1-2-27(10-9-21(29)30)15-7-8-16-20(12-15)32-24(31)17-11-14(13-25)23-26-18-5-3-4-6-19(18)28(23)22(16)17/h3-8,11-12H,2,9-10H2,1H3,(H,29,30). The normalized spacial score (nSPS) is 11.4. The Kier molecular flexibility index (Phi) is 4.52. The molecule has 0 aliphatic heterocycles. The number of anilines is 1. The first-order chi connectivity index (χ1) is 15.5. The maximum Gasteiger partial charge on any atom is 0.345 e. The molecule has 8 nitrogen and oxygen atoms in total. The van der Waals surface area contributed by atoms with E-state index in [-0.39, 0.29) is 6.42 Å². The molecule has 32 heavy (non-hydrogen) atoms. The number of aromatic nitrogens is 2. The fraction of sp³-hybridized carbons (Fsp3) is 0.167. The Balaban J connectivity index is 1.85. The van der Waals surface area contributed by atoms with Crippen molar-refractivity contribution in [1.29, 1.82) is 5.26 Å². The van der Waals surface area contributed by atoms with Gasteiger partial charge >= 0.3 is 11.6 Å². The van der Waals surface area contributed by atoms with Crippen molar-refractivity contribution >= 4 is 50.2 Å². The maximum absolute atomic E-state index is 12.9. The molecule has 0 fully saturated rings. The quantitative estimate of drug-likeness (QED) is 0.335. The van der Waals surface area contributed by atoms with E-state index < -0.39 is 11.6 Å². The molecule has 0 saturated heterocycles. The van der Waals surface area contributed by atoms with E-state index in [4.69, 9.17) is 9.52 Å². The van der Waals surface area contributed by atoms with E-state index in [1.165, 1.54) is 6.07 Å². The van der Waals surface area contributed by atoms with E-state index in [9.17, 15) is 14.9 Å². The molecule has 0 aliphatic carbocycles. The molecule has 8 heteroatoms. The molecule has 1 N–H and O–H groups in total. The van der Waals surface area contributed by atoms with Gasteiger partial charge in [0.15, 0.2) is 5.65 Å². The van der Waals surface area contributed by atoms with Crippen LogP contribution in [0.4, 0.5) is 5.69 Å². The number of hydrogen-bond acceptors (Lipinski definition) is 6. The molecule has 0 amide bonds. The monoisotopic (exact) mass is 426 g/mol. The van der Waals surface area contributed by atoms with Crippen LogP contribution in [0.2, 0.25) is 0 Å². The molecule has 0 unspecified atom stereocenters. The lowest BCUT2D eigenvalue weighted by molar-refractivity contribution is -0.136. The second-order valence-electron chi connectivity index (χ2n) is 7.49. The predicted molar refractivity (Wildman–Crippen MR) is 121 cm³/mol. The lowest BCUT2D eigenvalue weighted by atomic mass is 10.1. The summed E-state index contributed by atoms with van der Waals surface area (Å²) in [5, 5.41) is 19.7. The molecular weight excluding hydrogens is 408 g/mol. The average Bonchev–Trinajstić information content (AvgIpc) is 3.18. The number of hydrogen-bond donors (Lipinski definition) is 1. The van der Waals surface area contributed by atoms with Crippen LogP contribution in [-0.2, 0) is 4.79 Å². The minimum Gasteiger partial charge on any atom is -0.481 e. The summed E-state index contributed by atoms with van der Waals surface area (Å²) in [7, 11) is 0. The van der Waals surface area contributed by atoms with E-state index in [1.807, 2.05) is 52.6 Å². The van der Waals surface area contributed by atoms with Crippen LogP contribution >= 0.6 is 0 Å². The van der Waals surface area contributed by atoms with Gasteiger partial charge in [-0.2, -0.15) is 5.26 Å². The van der Waals surface area contributed by atoms with Crippen molar-refractivity contribution in [2.24, 2.45) is 0 Å². The summed E-state index contributed by atoms with van der Waals surface area (Å²) in [6, 6.07) is 16.7. The zero-order valence-corrected chi connectivity index (χ0v) is 17.2. The van der Waals surface area contributed by atoms with Crippen LogP contribution in [0.25, 0.3) is 38.6 Å². The number of rotatable bonds is 5. The summed E-state index contributed by atoms with van der Waals surface area (Å²) in [5.41, 5.74) is 3.52. The maximum atomic E-state index is 12.9. The van der Waals surface area contributed by atoms with Crippen LogP contribution in [-0.4, -0.2) is 33.6 Å². The van der Waals surface area contributed by atoms with E-state index in [1.54, 1.807) is 6.07 Å². The molecule has 3 heterocycles. The number of nitrogens with zero attached hydrogens (tertiary/aromatic N) is 4. The van der Waals surface area contributed by atoms with Gasteiger partial charge in [-0.05, 0) is 37.3 Å². The number of imidazole rings is 1. The molecule has 0 spiro atoms. The minimum absolute atomic E-state index is 0.00608. The van der Waals surface area contributed by atoms with Crippen molar-refractivity contribution in [1.82, 2.24) is 9.38 Å². The molecule has 5 rings (SSSR count). The molecule has 0 atom stereocenters. The topological polar surface area (TPSA) is 112 Å². The number of carbonyl (C=O) groups is 1. The first-order valence-corrected chi connectivity index (χ1v) is 10.2. The van der Waals surface area contributed by atoms with Crippen molar-refractivity contribution in [3.8, 4) is 6.07 Å². The molecule has 0 radical (unpaired) electrons. The lowest BCUT2D eigenvalue weighted by Gasteiger charge is -2.22. The Bertz CT molecular complexity index is 1640. The molecule has 3 aromatic heterocycles. The third-order valence-corrected chi connectivity index (χ3v) is 5.67. The molecule has 0 saturated carbocycles. The van der Waals surface area contributed by atoms with Gasteiger partial charge in [0, 0.05) is 30.2 Å². The van der Waals surface area contributed by atoms with Crippen LogP contribution in [0.1, 0.15) is 18.9 Å². The molecule has 2 aromatic carbocycles. The van der Waals surface area contributed by atoms with Gasteiger partial charge in [0.1, 0.15) is 11.7 Å². The first-order valence-electron chi connectivity index (χ1n) is 10.2. The number of para-hydroxylation sites is 2. The number of benzene rings is 2. The van der Waals surface area contributed by atoms with Gasteiger partial charge < -0.3 is 14.4 Å². The first kappa shape index (κ1) is 19.6. The lowest BCUT2D eigenvalue weighted by Crippen LogP contribution is -2.25. The predicted octanol–water partition coefficient (Wildman–Crippen LogP) is 3.92. The van der Waals surface area contributed by atoms with Crippen molar-refractivity contribution in [2.75, 3.05) is 18.0 Å². The Labute approximate surface area is 181 Å². The molecule has 0 aliphatic rings. The number of nitriles is 1. The van der Waals surface area contributed by atoms with Crippen molar-refractivity contribution in [3.05, 3.63) is 64.5 Å². The van der Waals surface area contributed by atoms with Crippen LogP contribution < -0.4 is 10.5 Å². The van der Waals surface area contributed by atoms with Crippen molar-refractivity contribution < 1.29 is 14.3 Å². The molecule has 0 bridgehead atoms. The highest BCUT2D eigenvalue weighted by Gasteiger charge is 2.18. The number of pyridine rings is 1. The van der Waals surface area contributed by atoms with Gasteiger partial charge in [-0.1, -0.05) is 12.1 Å². The summed E-state index contributed by atoms with van der Waals surface area (Å²) in [4.78, 5) is 30.5. The summed E-state index contributed by atoms with van der Waals surface area (Å²) in [6.07, 6.45) is 0.00608. The van der Waals surface area contributed by atoms with Crippen molar-refractivity contribution in [3.63, 3.8) is 0 Å². The van der Waals surface area contributed by atoms with E-state index in [2.05, 4.69) is 11.1 Å². The summed E-state index contributed by atoms with van der Waals surface area (Å²) in [5.74, 6) is -0.871. The summed E-state index contributed by atoms with van der Waals surface area (Å²) in [6.45, 7) is 2.89. The molecule has 5 aromatic rings. The van der Waals surface area contributed by atoms with Crippen LogP contribution in [0.15, 0.2) is 57.7 Å². The number of aliphatic carboxylic acids is 1. The molecule has 158 valence electrons. The van der Waals surface area contributed by atoms with Gasteiger partial charge in [-0.15, -0.1) is 0 Å². The van der Waals surface area contributed by atoms with Crippen LogP contribution in [0, 0.1) is 11.3 Å². The van der Waals surface area contributed by atoms with Crippen LogP contribution in [0.5, 0.6) is 0 Å². The second kappa shape index (κ2) is 7.39. The minimum atomic E-state index is -0.871. The highest BCUT2D eigenvalue weighted by molar-refractivity contribution is 6.06. The summed E-state index contributed by atoms with van der Waals surface area (Å²) >= 11 is 0. The third-order valence-electron chi connectivity index (χ3n) is 5.67. The Hall–Kier alpha value is -4.38. The molecular formula is C24H18N4O4. The fourth-order valence-electron chi connectivity index (χ4n) is 4.18. The van der Waals surface area contributed by atoms with E-state index in [0.29, 0.717) is 46.2 Å². The zero-order chi connectivity index (χ0) is 22.4. The second-order valence-corrected chi connectivity index (χ2v) is 7.49. The summed E-state index contributed by atoms with van der Waals surface area (Å²) < 4.78 is 7.47. The van der Waals surface area contributed by atoms with E-state index >= 15 is 0 Å². The Morgan fingerprint density at radius 2 is 2.03 bits per heavy atom. The van der Waals surface area contributed by atoms with Gasteiger partial charge in [0.25, 0.3) is 0 Å². The van der Waals surface area contributed by atoms with Gasteiger partial charge in [0.2, 0.25) is 0 Å². The van der Waals surface area contributed by atoms with Crippen molar-refractivity contribution in [2.45, 2.75) is 13.3 Å². The van der Waals surface area contributed by atoms with Crippen LogP contribution in [0.3, 0.4) is 0 Å². The third kappa shape index (κ3) is 2.94. The average molecular weight is 426 g/mol. The number of carboxylic acid groups (broad SMARTS) is 1. The highest BCUT2D eigenvalue weighted by atomic mass is 16.4.